The second-order valence-corrected chi connectivity index (χ2v) is 5.35. The number of nitrogens with one attached hydrogen (secondary N) is 2. The normalized spacial score (nSPS) is 12.5. The Labute approximate surface area is 121 Å². The van der Waals surface area contributed by atoms with E-state index in [0.29, 0.717) is 0 Å². The fourth-order valence-corrected chi connectivity index (χ4v) is 2.23. The van der Waals surface area contributed by atoms with Gasteiger partial charge in [-0.15, -0.1) is 0 Å². The highest BCUT2D eigenvalue weighted by Gasteiger charge is 2.23. The zero-order valence-corrected chi connectivity index (χ0v) is 11.9. The van der Waals surface area contributed by atoms with Gasteiger partial charge in [-0.2, -0.15) is 0 Å². The molecule has 6 nitrogen and oxygen atoms in total. The van der Waals surface area contributed by atoms with Crippen molar-refractivity contribution in [3.05, 3.63) is 30.0 Å². The summed E-state index contributed by atoms with van der Waals surface area (Å²) in [7, 11) is 0. The summed E-state index contributed by atoms with van der Waals surface area (Å²) in [6.45, 7) is 3.49. The van der Waals surface area contributed by atoms with Crippen LogP contribution in [-0.4, -0.2) is 33.1 Å². The minimum Gasteiger partial charge on any atom is -0.508 e. The van der Waals surface area contributed by atoms with Gasteiger partial charge in [-0.25, -0.2) is 4.79 Å². The van der Waals surface area contributed by atoms with Gasteiger partial charge < -0.3 is 20.5 Å². The lowest BCUT2D eigenvalue weighted by Gasteiger charge is -2.17. The molecule has 6 heteroatoms. The minimum atomic E-state index is -1.04. The molecule has 0 aliphatic rings. The lowest BCUT2D eigenvalue weighted by molar-refractivity contribution is -0.143. The maximum absolute atomic E-state index is 12.0. The van der Waals surface area contributed by atoms with E-state index in [1.807, 2.05) is 0 Å². The van der Waals surface area contributed by atoms with Crippen LogP contribution in [0.4, 0.5) is 0 Å². The second-order valence-electron chi connectivity index (χ2n) is 5.35. The Morgan fingerprint density at radius 2 is 2.05 bits per heavy atom. The number of aromatic nitrogens is 1. The Hall–Kier alpha value is -2.50. The topological polar surface area (TPSA) is 102 Å². The highest BCUT2D eigenvalue weighted by atomic mass is 16.4. The first kappa shape index (κ1) is 14.9. The van der Waals surface area contributed by atoms with Crippen LogP contribution < -0.4 is 5.32 Å². The average Bonchev–Trinajstić information content (AvgIpc) is 2.77. The summed E-state index contributed by atoms with van der Waals surface area (Å²) in [6, 6.07) is 3.95. The molecular weight excluding hydrogens is 272 g/mol. The van der Waals surface area contributed by atoms with Crippen LogP contribution in [-0.2, 0) is 16.0 Å². The van der Waals surface area contributed by atoms with Crippen molar-refractivity contribution < 1.29 is 19.8 Å². The summed E-state index contributed by atoms with van der Waals surface area (Å²) in [5, 5.41) is 21.8. The highest BCUT2D eigenvalue weighted by molar-refractivity contribution is 5.91. The number of carboxylic acids is 1. The number of phenols is 1. The van der Waals surface area contributed by atoms with E-state index in [-0.39, 0.29) is 24.0 Å². The largest absolute Gasteiger partial charge is 0.508 e. The van der Waals surface area contributed by atoms with Gasteiger partial charge in [0.2, 0.25) is 5.91 Å². The van der Waals surface area contributed by atoms with E-state index < -0.39 is 12.0 Å². The SMILES string of the molecule is CC(C)[C@H](NC(=O)Cc1c[nH]c2cc(O)ccc12)C(=O)O. The van der Waals surface area contributed by atoms with Crippen molar-refractivity contribution in [2.24, 2.45) is 5.92 Å². The molecule has 2 aromatic rings. The molecule has 0 radical (unpaired) electrons. The van der Waals surface area contributed by atoms with Crippen LogP contribution in [0.15, 0.2) is 24.4 Å². The highest BCUT2D eigenvalue weighted by Crippen LogP contribution is 2.22. The maximum atomic E-state index is 12.0. The Morgan fingerprint density at radius 1 is 1.33 bits per heavy atom. The van der Waals surface area contributed by atoms with Crippen LogP contribution in [0.3, 0.4) is 0 Å². The molecule has 0 spiro atoms. The molecule has 4 N–H and O–H groups in total. The number of carbonyl (C=O) groups is 2. The zero-order valence-electron chi connectivity index (χ0n) is 11.9. The molecular formula is C15H18N2O4. The number of hydrogen-bond donors (Lipinski definition) is 4. The number of fused-ring (bicyclic) bond motifs is 1. The first-order chi connectivity index (χ1) is 9.88. The number of phenolic OH excluding ortho intramolecular Hbond substituents is 1. The van der Waals surface area contributed by atoms with Crippen molar-refractivity contribution in [1.29, 1.82) is 0 Å². The van der Waals surface area contributed by atoms with Crippen molar-refractivity contribution in [2.75, 3.05) is 0 Å². The van der Waals surface area contributed by atoms with Crippen molar-refractivity contribution in [3.8, 4) is 5.75 Å². The number of aliphatic carboxylic acids is 1. The smallest absolute Gasteiger partial charge is 0.326 e. The fourth-order valence-electron chi connectivity index (χ4n) is 2.23. The Kier molecular flexibility index (Phi) is 4.16. The van der Waals surface area contributed by atoms with Gasteiger partial charge in [0.1, 0.15) is 11.8 Å². The van der Waals surface area contributed by atoms with Gasteiger partial charge in [-0.1, -0.05) is 13.8 Å². The van der Waals surface area contributed by atoms with E-state index in [1.54, 1.807) is 38.2 Å². The van der Waals surface area contributed by atoms with Crippen LogP contribution in [0, 0.1) is 5.92 Å². The Morgan fingerprint density at radius 3 is 2.67 bits per heavy atom. The number of carbonyl (C=O) groups excluding carboxylic acids is 1. The number of rotatable bonds is 5. The van der Waals surface area contributed by atoms with Crippen molar-refractivity contribution in [1.82, 2.24) is 10.3 Å². The molecule has 0 bridgehead atoms. The molecule has 21 heavy (non-hydrogen) atoms. The molecule has 1 aromatic heterocycles. The van der Waals surface area contributed by atoms with Gasteiger partial charge in [0.15, 0.2) is 0 Å². The third-order valence-corrected chi connectivity index (χ3v) is 3.35. The predicted molar refractivity (Wildman–Crippen MR) is 78.1 cm³/mol. The quantitative estimate of drug-likeness (QED) is 0.672. The zero-order chi connectivity index (χ0) is 15.6. The van der Waals surface area contributed by atoms with Gasteiger partial charge in [0.05, 0.1) is 6.42 Å². The molecule has 0 aliphatic carbocycles. The van der Waals surface area contributed by atoms with E-state index in [2.05, 4.69) is 10.3 Å². The average molecular weight is 290 g/mol. The fraction of sp³-hybridized carbons (Fsp3) is 0.333. The molecule has 0 saturated heterocycles. The van der Waals surface area contributed by atoms with Crippen molar-refractivity contribution >= 4 is 22.8 Å². The third-order valence-electron chi connectivity index (χ3n) is 3.35. The van der Waals surface area contributed by atoms with E-state index in [0.717, 1.165) is 16.5 Å². The third kappa shape index (κ3) is 3.34. The second kappa shape index (κ2) is 5.87. The van der Waals surface area contributed by atoms with Crippen LogP contribution >= 0.6 is 0 Å². The van der Waals surface area contributed by atoms with Crippen LogP contribution in [0.2, 0.25) is 0 Å². The summed E-state index contributed by atoms with van der Waals surface area (Å²) in [5.41, 5.74) is 1.49. The van der Waals surface area contributed by atoms with Crippen molar-refractivity contribution in [3.63, 3.8) is 0 Å². The molecule has 0 fully saturated rings. The molecule has 1 heterocycles. The molecule has 0 unspecified atom stereocenters. The van der Waals surface area contributed by atoms with E-state index >= 15 is 0 Å². The number of aromatic amines is 1. The minimum absolute atomic E-state index is 0.0846. The number of hydrogen-bond acceptors (Lipinski definition) is 3. The molecule has 0 aliphatic heterocycles. The van der Waals surface area contributed by atoms with Crippen LogP contribution in [0.25, 0.3) is 10.9 Å². The monoisotopic (exact) mass is 290 g/mol. The van der Waals surface area contributed by atoms with Gasteiger partial charge in [-0.05, 0) is 23.6 Å². The molecule has 0 saturated carbocycles. The molecule has 1 amide bonds. The van der Waals surface area contributed by atoms with Crippen LogP contribution in [0.1, 0.15) is 19.4 Å². The van der Waals surface area contributed by atoms with Gasteiger partial charge >= 0.3 is 5.97 Å². The van der Waals surface area contributed by atoms with Gasteiger partial charge in [0, 0.05) is 23.2 Å². The summed E-state index contributed by atoms with van der Waals surface area (Å²) in [6.07, 6.45) is 1.77. The standard InChI is InChI=1S/C15H18N2O4/c1-8(2)14(15(20)21)17-13(19)5-9-7-16-12-6-10(18)3-4-11(9)12/h3-4,6-8,14,16,18H,5H2,1-2H3,(H,17,19)(H,20,21)/t14-/m0/s1. The summed E-state index contributed by atoms with van der Waals surface area (Å²) in [5.74, 6) is -1.43. The molecule has 2 rings (SSSR count). The number of benzene rings is 1. The number of amides is 1. The van der Waals surface area contributed by atoms with E-state index in [1.165, 1.54) is 0 Å². The lowest BCUT2D eigenvalue weighted by Crippen LogP contribution is -2.44. The Bertz CT molecular complexity index is 675. The summed E-state index contributed by atoms with van der Waals surface area (Å²) < 4.78 is 0. The Balaban J connectivity index is 2.13. The lowest BCUT2D eigenvalue weighted by atomic mass is 10.0. The molecule has 1 aromatic carbocycles. The first-order valence-corrected chi connectivity index (χ1v) is 6.69. The number of aromatic hydroxyl groups is 1. The number of carboxylic acid groups (broad SMARTS) is 1. The van der Waals surface area contributed by atoms with E-state index in [9.17, 15) is 14.7 Å². The van der Waals surface area contributed by atoms with Gasteiger partial charge in [-0.3, -0.25) is 4.79 Å². The maximum Gasteiger partial charge on any atom is 0.326 e. The first-order valence-electron chi connectivity index (χ1n) is 6.69. The molecule has 112 valence electrons. The van der Waals surface area contributed by atoms with Gasteiger partial charge in [0.25, 0.3) is 0 Å². The predicted octanol–water partition coefficient (Wildman–Crippen LogP) is 1.64. The van der Waals surface area contributed by atoms with Crippen LogP contribution in [0.5, 0.6) is 5.75 Å². The molecule has 1 atom stereocenters. The number of H-pyrrole nitrogens is 1. The summed E-state index contributed by atoms with van der Waals surface area (Å²) in [4.78, 5) is 26.1. The summed E-state index contributed by atoms with van der Waals surface area (Å²) >= 11 is 0. The van der Waals surface area contributed by atoms with Crippen molar-refractivity contribution in [2.45, 2.75) is 26.3 Å². The van der Waals surface area contributed by atoms with E-state index in [4.69, 9.17) is 5.11 Å².